The van der Waals surface area contributed by atoms with E-state index in [0.29, 0.717) is 0 Å². The lowest BCUT2D eigenvalue weighted by Crippen LogP contribution is -2.12. The van der Waals surface area contributed by atoms with E-state index in [0.717, 1.165) is 36.3 Å². The molecule has 1 rings (SSSR count). The summed E-state index contributed by atoms with van der Waals surface area (Å²) >= 11 is 0. The summed E-state index contributed by atoms with van der Waals surface area (Å²) in [5.74, 6) is 1.49. The standard InChI is InChI=1S/C16H25NO2/c1-4-5-6-7-8-11-14(17)13-10-9-12-15(18-2)16(13)19-3/h4,9-10,12,14H,1,5-8,11,17H2,2-3H3. The maximum absolute atomic E-state index is 6.25. The van der Waals surface area contributed by atoms with Crippen LogP contribution in [0.4, 0.5) is 0 Å². The predicted molar refractivity (Wildman–Crippen MR) is 79.8 cm³/mol. The average Bonchev–Trinajstić information content (AvgIpc) is 2.45. The van der Waals surface area contributed by atoms with Gasteiger partial charge in [0.2, 0.25) is 0 Å². The van der Waals surface area contributed by atoms with Gasteiger partial charge >= 0.3 is 0 Å². The van der Waals surface area contributed by atoms with Gasteiger partial charge in [-0.1, -0.05) is 31.1 Å². The van der Waals surface area contributed by atoms with Crippen LogP contribution in [0.15, 0.2) is 30.9 Å². The molecule has 0 spiro atoms. The summed E-state index contributed by atoms with van der Waals surface area (Å²) in [6, 6.07) is 5.84. The van der Waals surface area contributed by atoms with Crippen LogP contribution in [-0.2, 0) is 0 Å². The van der Waals surface area contributed by atoms with Crippen molar-refractivity contribution in [3.63, 3.8) is 0 Å². The number of ether oxygens (including phenoxy) is 2. The number of para-hydroxylation sites is 1. The minimum Gasteiger partial charge on any atom is -0.493 e. The van der Waals surface area contributed by atoms with Crippen molar-refractivity contribution in [3.05, 3.63) is 36.4 Å². The van der Waals surface area contributed by atoms with Gasteiger partial charge < -0.3 is 15.2 Å². The fourth-order valence-corrected chi connectivity index (χ4v) is 2.19. The van der Waals surface area contributed by atoms with Crippen LogP contribution in [0.5, 0.6) is 11.5 Å². The molecule has 0 aliphatic rings. The number of allylic oxidation sites excluding steroid dienone is 1. The van der Waals surface area contributed by atoms with Crippen LogP contribution in [0.2, 0.25) is 0 Å². The summed E-state index contributed by atoms with van der Waals surface area (Å²) in [5.41, 5.74) is 7.27. The van der Waals surface area contributed by atoms with Crippen molar-refractivity contribution in [2.24, 2.45) is 5.73 Å². The quantitative estimate of drug-likeness (QED) is 0.544. The number of hydrogen-bond donors (Lipinski definition) is 1. The van der Waals surface area contributed by atoms with Gasteiger partial charge in [-0.05, 0) is 25.3 Å². The molecule has 0 bridgehead atoms. The van der Waals surface area contributed by atoms with E-state index in [4.69, 9.17) is 15.2 Å². The minimum atomic E-state index is -0.00576. The molecule has 0 aromatic heterocycles. The molecule has 0 heterocycles. The van der Waals surface area contributed by atoms with Crippen LogP contribution >= 0.6 is 0 Å². The third-order valence-electron chi connectivity index (χ3n) is 3.26. The Labute approximate surface area is 116 Å². The molecule has 2 N–H and O–H groups in total. The van der Waals surface area contributed by atoms with Crippen LogP contribution in [0.25, 0.3) is 0 Å². The maximum atomic E-state index is 6.25. The van der Waals surface area contributed by atoms with Crippen molar-refractivity contribution in [1.82, 2.24) is 0 Å². The zero-order chi connectivity index (χ0) is 14.1. The Morgan fingerprint density at radius 3 is 2.63 bits per heavy atom. The zero-order valence-corrected chi connectivity index (χ0v) is 12.0. The van der Waals surface area contributed by atoms with Crippen LogP contribution in [0.1, 0.15) is 43.7 Å². The highest BCUT2D eigenvalue weighted by molar-refractivity contribution is 5.47. The second-order valence-corrected chi connectivity index (χ2v) is 4.62. The molecule has 0 fully saturated rings. The van der Waals surface area contributed by atoms with Crippen LogP contribution in [-0.4, -0.2) is 14.2 Å². The summed E-state index contributed by atoms with van der Waals surface area (Å²) < 4.78 is 10.7. The van der Waals surface area contributed by atoms with Gasteiger partial charge in [-0.2, -0.15) is 0 Å². The van der Waals surface area contributed by atoms with Gasteiger partial charge in [0.1, 0.15) is 0 Å². The SMILES string of the molecule is C=CCCCCCC(N)c1cccc(OC)c1OC. The van der Waals surface area contributed by atoms with Crippen molar-refractivity contribution in [1.29, 1.82) is 0 Å². The molecule has 0 saturated carbocycles. The van der Waals surface area contributed by atoms with E-state index in [-0.39, 0.29) is 6.04 Å². The highest BCUT2D eigenvalue weighted by Gasteiger charge is 2.15. The lowest BCUT2D eigenvalue weighted by Gasteiger charge is -2.17. The van der Waals surface area contributed by atoms with Gasteiger partial charge in [-0.15, -0.1) is 6.58 Å². The van der Waals surface area contributed by atoms with Crippen LogP contribution in [0.3, 0.4) is 0 Å². The third-order valence-corrected chi connectivity index (χ3v) is 3.26. The van der Waals surface area contributed by atoms with E-state index in [1.165, 1.54) is 12.8 Å². The average molecular weight is 263 g/mol. The molecule has 1 aromatic carbocycles. The Morgan fingerprint density at radius 1 is 1.21 bits per heavy atom. The fourth-order valence-electron chi connectivity index (χ4n) is 2.19. The molecule has 1 atom stereocenters. The normalized spacial score (nSPS) is 11.9. The van der Waals surface area contributed by atoms with Gasteiger partial charge in [0.25, 0.3) is 0 Å². The van der Waals surface area contributed by atoms with E-state index < -0.39 is 0 Å². The van der Waals surface area contributed by atoms with Gasteiger partial charge in [-0.25, -0.2) is 0 Å². The summed E-state index contributed by atoms with van der Waals surface area (Å²) in [5, 5.41) is 0. The van der Waals surface area contributed by atoms with Gasteiger partial charge in [-0.3, -0.25) is 0 Å². The van der Waals surface area contributed by atoms with Crippen LogP contribution < -0.4 is 15.2 Å². The zero-order valence-electron chi connectivity index (χ0n) is 12.0. The van der Waals surface area contributed by atoms with Crippen molar-refractivity contribution in [3.8, 4) is 11.5 Å². The molecule has 1 aromatic rings. The van der Waals surface area contributed by atoms with Crippen molar-refractivity contribution in [2.45, 2.75) is 38.1 Å². The Morgan fingerprint density at radius 2 is 2.00 bits per heavy atom. The predicted octanol–water partition coefficient (Wildman–Crippen LogP) is 3.84. The largest absolute Gasteiger partial charge is 0.493 e. The van der Waals surface area contributed by atoms with Gasteiger partial charge in [0.15, 0.2) is 11.5 Å². The first kappa shape index (κ1) is 15.6. The molecule has 19 heavy (non-hydrogen) atoms. The highest BCUT2D eigenvalue weighted by Crippen LogP contribution is 2.35. The topological polar surface area (TPSA) is 44.5 Å². The number of methoxy groups -OCH3 is 2. The van der Waals surface area contributed by atoms with Crippen molar-refractivity contribution in [2.75, 3.05) is 14.2 Å². The molecule has 3 nitrogen and oxygen atoms in total. The molecular formula is C16H25NO2. The first-order chi connectivity index (χ1) is 9.24. The molecule has 1 unspecified atom stereocenters. The lowest BCUT2D eigenvalue weighted by atomic mass is 9.99. The molecule has 3 heteroatoms. The summed E-state index contributed by atoms with van der Waals surface area (Å²) in [4.78, 5) is 0. The van der Waals surface area contributed by atoms with Gasteiger partial charge in [0, 0.05) is 11.6 Å². The molecule has 106 valence electrons. The van der Waals surface area contributed by atoms with Crippen LogP contribution in [0, 0.1) is 0 Å². The van der Waals surface area contributed by atoms with Crippen molar-refractivity contribution < 1.29 is 9.47 Å². The monoisotopic (exact) mass is 263 g/mol. The smallest absolute Gasteiger partial charge is 0.165 e. The van der Waals surface area contributed by atoms with E-state index >= 15 is 0 Å². The van der Waals surface area contributed by atoms with E-state index in [9.17, 15) is 0 Å². The van der Waals surface area contributed by atoms with E-state index in [1.807, 2.05) is 24.3 Å². The second-order valence-electron chi connectivity index (χ2n) is 4.62. The first-order valence-corrected chi connectivity index (χ1v) is 6.82. The summed E-state index contributed by atoms with van der Waals surface area (Å²) in [6.45, 7) is 3.73. The Balaban J connectivity index is 2.60. The fraction of sp³-hybridized carbons (Fsp3) is 0.500. The number of benzene rings is 1. The summed E-state index contributed by atoms with van der Waals surface area (Å²) in [7, 11) is 3.29. The van der Waals surface area contributed by atoms with E-state index in [2.05, 4.69) is 6.58 Å². The Bertz CT molecular complexity index is 390. The molecule has 0 amide bonds. The minimum absolute atomic E-state index is 0.00576. The summed E-state index contributed by atoms with van der Waals surface area (Å²) in [6.07, 6.45) is 7.50. The third kappa shape index (κ3) is 4.60. The molecule has 0 radical (unpaired) electrons. The Kier molecular flexibility index (Phi) is 7.04. The lowest BCUT2D eigenvalue weighted by molar-refractivity contribution is 0.348. The molecule has 0 aliphatic heterocycles. The maximum Gasteiger partial charge on any atom is 0.165 e. The first-order valence-electron chi connectivity index (χ1n) is 6.82. The number of nitrogens with two attached hydrogens (primary N) is 1. The Hall–Kier alpha value is -1.48. The highest BCUT2D eigenvalue weighted by atomic mass is 16.5. The van der Waals surface area contributed by atoms with Gasteiger partial charge in [0.05, 0.1) is 14.2 Å². The van der Waals surface area contributed by atoms with E-state index in [1.54, 1.807) is 14.2 Å². The second kappa shape index (κ2) is 8.59. The number of unbranched alkanes of at least 4 members (excludes halogenated alkanes) is 3. The number of hydrogen-bond acceptors (Lipinski definition) is 3. The van der Waals surface area contributed by atoms with Crippen molar-refractivity contribution >= 4 is 0 Å². The molecular weight excluding hydrogens is 238 g/mol. The molecule has 0 aliphatic carbocycles. The number of rotatable bonds is 9. The molecule has 0 saturated heterocycles.